The van der Waals surface area contributed by atoms with Gasteiger partial charge in [0.2, 0.25) is 0 Å². The van der Waals surface area contributed by atoms with Gasteiger partial charge in [0.25, 0.3) is 0 Å². The Morgan fingerprint density at radius 2 is 1.35 bits per heavy atom. The second kappa shape index (κ2) is 9.52. The lowest BCUT2D eigenvalue weighted by atomic mass is 9.92. The zero-order valence-electron chi connectivity index (χ0n) is 19.8. The van der Waals surface area contributed by atoms with Crippen LogP contribution in [0.1, 0.15) is 35.4 Å². The van der Waals surface area contributed by atoms with E-state index in [0.29, 0.717) is 5.92 Å². The number of para-hydroxylation sites is 2. The molecule has 0 fully saturated rings. The molecule has 0 bridgehead atoms. The molecule has 3 aromatic carbocycles. The topological polar surface area (TPSA) is 34.8 Å². The first-order valence-corrected chi connectivity index (χ1v) is 12.7. The summed E-state index contributed by atoms with van der Waals surface area (Å²) >= 11 is 0. The van der Waals surface area contributed by atoms with E-state index in [-0.39, 0.29) is 0 Å². The van der Waals surface area contributed by atoms with E-state index in [4.69, 9.17) is 0 Å². The second-order valence-electron chi connectivity index (χ2n) is 9.96. The lowest BCUT2D eigenvalue weighted by molar-refractivity contribution is 0.230. The van der Waals surface area contributed by atoms with Gasteiger partial charge in [-0.15, -0.1) is 0 Å². The molecule has 1 aliphatic heterocycles. The molecule has 3 heterocycles. The van der Waals surface area contributed by atoms with Gasteiger partial charge in [0.15, 0.2) is 0 Å². The minimum absolute atomic E-state index is 0.650. The second-order valence-corrected chi connectivity index (χ2v) is 9.96. The van der Waals surface area contributed by atoms with E-state index in [1.54, 1.807) is 0 Å². The molecule has 0 amide bonds. The zero-order chi connectivity index (χ0) is 22.7. The number of nitrogens with one attached hydrogen (secondary N) is 2. The van der Waals surface area contributed by atoms with Crippen molar-refractivity contribution in [2.24, 2.45) is 5.92 Å². The Balaban J connectivity index is 1.15. The highest BCUT2D eigenvalue weighted by Crippen LogP contribution is 2.25. The van der Waals surface area contributed by atoms with Gasteiger partial charge >= 0.3 is 0 Å². The molecular formula is C31H33N3. The quantitative estimate of drug-likeness (QED) is 0.267. The molecule has 3 heteroatoms. The molecule has 1 unspecified atom stereocenters. The van der Waals surface area contributed by atoms with Crippen molar-refractivity contribution in [3.05, 3.63) is 107 Å². The molecule has 1 aliphatic rings. The molecule has 5 aromatic rings. The minimum atomic E-state index is 0.650. The number of aromatic nitrogens is 2. The van der Waals surface area contributed by atoms with E-state index in [0.717, 1.165) is 19.4 Å². The van der Waals surface area contributed by atoms with Crippen LogP contribution in [0.15, 0.2) is 84.9 Å². The third kappa shape index (κ3) is 4.67. The smallest absolute Gasteiger partial charge is 0.0456 e. The Kier molecular flexibility index (Phi) is 5.95. The van der Waals surface area contributed by atoms with Gasteiger partial charge in [0.1, 0.15) is 0 Å². The number of hydrogen-bond donors (Lipinski definition) is 2. The molecule has 2 aromatic heterocycles. The van der Waals surface area contributed by atoms with E-state index in [9.17, 15) is 0 Å². The van der Waals surface area contributed by atoms with Crippen LogP contribution in [0.2, 0.25) is 0 Å². The summed E-state index contributed by atoms with van der Waals surface area (Å²) < 4.78 is 0. The molecular weight excluding hydrogens is 414 g/mol. The summed E-state index contributed by atoms with van der Waals surface area (Å²) in [5.41, 5.74) is 8.27. The molecule has 1 atom stereocenters. The van der Waals surface area contributed by atoms with Gasteiger partial charge in [0, 0.05) is 35.5 Å². The lowest BCUT2D eigenvalue weighted by Gasteiger charge is -2.30. The van der Waals surface area contributed by atoms with Crippen LogP contribution in [0.3, 0.4) is 0 Å². The number of aryl methyl sites for hydroxylation is 1. The van der Waals surface area contributed by atoms with E-state index in [2.05, 4.69) is 99.8 Å². The number of rotatable bonds is 8. The summed E-state index contributed by atoms with van der Waals surface area (Å²) in [6.07, 6.45) is 5.82. The van der Waals surface area contributed by atoms with Crippen molar-refractivity contribution >= 4 is 21.8 Å². The summed E-state index contributed by atoms with van der Waals surface area (Å²) in [5, 5.41) is 2.64. The average molecular weight is 448 g/mol. The predicted octanol–water partition coefficient (Wildman–Crippen LogP) is 6.89. The van der Waals surface area contributed by atoms with Crippen molar-refractivity contribution < 1.29 is 0 Å². The van der Waals surface area contributed by atoms with Crippen molar-refractivity contribution in [2.45, 2.75) is 38.6 Å². The summed E-state index contributed by atoms with van der Waals surface area (Å²) in [7, 11) is 0. The first kappa shape index (κ1) is 21.2. The molecule has 6 rings (SSSR count). The Bertz CT molecular complexity index is 1330. The number of benzene rings is 3. The highest BCUT2D eigenvalue weighted by molar-refractivity contribution is 5.80. The maximum atomic E-state index is 3.68. The van der Waals surface area contributed by atoms with Crippen molar-refractivity contribution in [1.82, 2.24) is 14.9 Å². The van der Waals surface area contributed by atoms with Crippen molar-refractivity contribution in [3.8, 4) is 0 Å². The molecule has 172 valence electrons. The molecule has 2 N–H and O–H groups in total. The number of hydrogen-bond acceptors (Lipinski definition) is 1. The van der Waals surface area contributed by atoms with Crippen LogP contribution in [0.5, 0.6) is 0 Å². The SMILES string of the molecule is c1ccc2c(c1)CCN(CCC(CCc1cc3ccccc3[nH]1)Cc1cc3ccccc3[nH]1)C2. The van der Waals surface area contributed by atoms with Crippen LogP contribution in [0.4, 0.5) is 0 Å². The molecule has 0 aliphatic carbocycles. The Hall–Kier alpha value is -3.30. The molecule has 3 nitrogen and oxygen atoms in total. The average Bonchev–Trinajstić information content (AvgIpc) is 3.48. The third-order valence-corrected chi connectivity index (χ3v) is 7.57. The molecule has 0 radical (unpaired) electrons. The Labute approximate surface area is 201 Å². The van der Waals surface area contributed by atoms with Gasteiger partial charge in [-0.3, -0.25) is 4.90 Å². The number of nitrogens with zero attached hydrogens (tertiary/aromatic N) is 1. The predicted molar refractivity (Wildman–Crippen MR) is 142 cm³/mol. The fourth-order valence-electron chi connectivity index (χ4n) is 5.64. The van der Waals surface area contributed by atoms with E-state index in [1.807, 2.05) is 0 Å². The standard InChI is InChI=1S/C31H33N3/c1-2-10-27-22-34(18-16-24(27)7-1)17-15-23(19-29-21-26-9-4-6-12-31(26)33-29)13-14-28-20-25-8-3-5-11-30(25)32-28/h1-12,20-21,23,32-33H,13-19,22H2. The summed E-state index contributed by atoms with van der Waals surface area (Å²) in [6, 6.07) is 30.9. The van der Waals surface area contributed by atoms with Crippen molar-refractivity contribution in [2.75, 3.05) is 13.1 Å². The largest absolute Gasteiger partial charge is 0.358 e. The van der Waals surface area contributed by atoms with Crippen LogP contribution in [-0.4, -0.2) is 28.0 Å². The van der Waals surface area contributed by atoms with Crippen molar-refractivity contribution in [3.63, 3.8) is 0 Å². The van der Waals surface area contributed by atoms with Gasteiger partial charge in [0.05, 0.1) is 0 Å². The molecule has 34 heavy (non-hydrogen) atoms. The summed E-state index contributed by atoms with van der Waals surface area (Å²) in [4.78, 5) is 9.97. The van der Waals surface area contributed by atoms with Gasteiger partial charge in [-0.2, -0.15) is 0 Å². The van der Waals surface area contributed by atoms with Gasteiger partial charge < -0.3 is 9.97 Å². The van der Waals surface area contributed by atoms with Crippen LogP contribution in [0, 0.1) is 5.92 Å². The van der Waals surface area contributed by atoms with Gasteiger partial charge in [-0.1, -0.05) is 60.7 Å². The number of H-pyrrole nitrogens is 2. The monoisotopic (exact) mass is 447 g/mol. The molecule has 0 spiro atoms. The minimum Gasteiger partial charge on any atom is -0.358 e. The third-order valence-electron chi connectivity index (χ3n) is 7.57. The maximum Gasteiger partial charge on any atom is 0.0456 e. The first-order valence-electron chi connectivity index (χ1n) is 12.7. The van der Waals surface area contributed by atoms with E-state index in [1.165, 1.54) is 76.7 Å². The van der Waals surface area contributed by atoms with Crippen LogP contribution >= 0.6 is 0 Å². The van der Waals surface area contributed by atoms with Gasteiger partial charge in [-0.05, 0) is 90.7 Å². The fraction of sp³-hybridized carbons (Fsp3) is 0.290. The fourth-order valence-corrected chi connectivity index (χ4v) is 5.64. The van der Waals surface area contributed by atoms with Crippen LogP contribution < -0.4 is 0 Å². The van der Waals surface area contributed by atoms with E-state index < -0.39 is 0 Å². The highest BCUT2D eigenvalue weighted by atomic mass is 15.1. The maximum absolute atomic E-state index is 3.68. The summed E-state index contributed by atoms with van der Waals surface area (Å²) in [5.74, 6) is 0.650. The van der Waals surface area contributed by atoms with Crippen LogP contribution in [0.25, 0.3) is 21.8 Å². The van der Waals surface area contributed by atoms with Crippen LogP contribution in [-0.2, 0) is 25.8 Å². The first-order chi connectivity index (χ1) is 16.8. The molecule has 0 saturated carbocycles. The van der Waals surface area contributed by atoms with Gasteiger partial charge in [-0.25, -0.2) is 0 Å². The zero-order valence-corrected chi connectivity index (χ0v) is 19.8. The number of aromatic amines is 2. The summed E-state index contributed by atoms with van der Waals surface area (Å²) in [6.45, 7) is 3.45. The Morgan fingerprint density at radius 1 is 0.706 bits per heavy atom. The Morgan fingerprint density at radius 3 is 2.12 bits per heavy atom. The highest BCUT2D eigenvalue weighted by Gasteiger charge is 2.18. The number of fused-ring (bicyclic) bond motifs is 3. The molecule has 0 saturated heterocycles. The van der Waals surface area contributed by atoms with Crippen molar-refractivity contribution in [1.29, 1.82) is 0 Å². The van der Waals surface area contributed by atoms with E-state index >= 15 is 0 Å². The lowest BCUT2D eigenvalue weighted by Crippen LogP contribution is -2.32. The normalized spacial score (nSPS) is 15.1.